The van der Waals surface area contributed by atoms with E-state index in [9.17, 15) is 14.7 Å². The minimum Gasteiger partial charge on any atom is -0.505 e. The lowest BCUT2D eigenvalue weighted by Gasteiger charge is -2.12. The zero-order chi connectivity index (χ0) is 21.8. The van der Waals surface area contributed by atoms with Crippen LogP contribution in [0.4, 0.5) is 5.69 Å². The minimum atomic E-state index is -0.563. The first-order valence-corrected chi connectivity index (χ1v) is 9.39. The topological polar surface area (TPSA) is 129 Å². The fraction of sp³-hybridized carbons (Fsp3) is 0.0909. The Morgan fingerprint density at radius 3 is 2.77 bits per heavy atom. The standard InChI is InChI=1S/C22H19N5O4/c1-31-15-9-13(8-14(10-15)27-22(30)20-18(28)6-3-7-23-20)11-24-21(29)16-4-2-5-17-19(16)26-12-25-17/h2-10,12,28H,11H2,1H3,(H,24,29)(H,25,26)(H,27,30). The Hall–Kier alpha value is -4.40. The van der Waals surface area contributed by atoms with Crippen LogP contribution in [0.5, 0.6) is 11.5 Å². The molecule has 0 unspecified atom stereocenters. The van der Waals surface area contributed by atoms with Crippen LogP contribution in [0, 0.1) is 0 Å². The number of aromatic amines is 1. The maximum atomic E-state index is 12.7. The third kappa shape index (κ3) is 4.30. The number of pyridine rings is 1. The summed E-state index contributed by atoms with van der Waals surface area (Å²) in [7, 11) is 1.51. The number of imidazole rings is 1. The molecule has 0 spiro atoms. The molecule has 2 aromatic heterocycles. The van der Waals surface area contributed by atoms with Gasteiger partial charge >= 0.3 is 0 Å². The van der Waals surface area contributed by atoms with E-state index in [4.69, 9.17) is 4.74 Å². The van der Waals surface area contributed by atoms with Gasteiger partial charge in [0, 0.05) is 24.5 Å². The fourth-order valence-electron chi connectivity index (χ4n) is 3.14. The van der Waals surface area contributed by atoms with E-state index < -0.39 is 5.91 Å². The molecule has 31 heavy (non-hydrogen) atoms. The first-order chi connectivity index (χ1) is 15.0. The highest BCUT2D eigenvalue weighted by Gasteiger charge is 2.15. The Kier molecular flexibility index (Phi) is 5.48. The zero-order valence-electron chi connectivity index (χ0n) is 16.5. The third-order valence-electron chi connectivity index (χ3n) is 4.61. The molecule has 4 aromatic rings. The van der Waals surface area contributed by atoms with Crippen molar-refractivity contribution in [2.24, 2.45) is 0 Å². The molecule has 0 aliphatic heterocycles. The lowest BCUT2D eigenvalue weighted by molar-refractivity contribution is 0.0951. The lowest BCUT2D eigenvalue weighted by Crippen LogP contribution is -2.23. The summed E-state index contributed by atoms with van der Waals surface area (Å²) in [5.74, 6) is -0.555. The van der Waals surface area contributed by atoms with Crippen LogP contribution in [0.15, 0.2) is 61.1 Å². The van der Waals surface area contributed by atoms with Crippen LogP contribution in [0.2, 0.25) is 0 Å². The van der Waals surface area contributed by atoms with Gasteiger partial charge in [-0.3, -0.25) is 9.59 Å². The maximum absolute atomic E-state index is 12.7. The number of ether oxygens (including phenoxy) is 1. The van der Waals surface area contributed by atoms with Crippen LogP contribution in [0.3, 0.4) is 0 Å². The summed E-state index contributed by atoms with van der Waals surface area (Å²) in [6, 6.07) is 13.3. The van der Waals surface area contributed by atoms with Gasteiger partial charge in [-0.2, -0.15) is 0 Å². The molecule has 2 aromatic carbocycles. The smallest absolute Gasteiger partial charge is 0.278 e. The summed E-state index contributed by atoms with van der Waals surface area (Å²) in [4.78, 5) is 36.2. The number of carbonyl (C=O) groups excluding carboxylic acids is 2. The van der Waals surface area contributed by atoms with Gasteiger partial charge in [-0.15, -0.1) is 0 Å². The molecular formula is C22H19N5O4. The molecule has 0 saturated carbocycles. The molecule has 156 valence electrons. The number of carbonyl (C=O) groups is 2. The van der Waals surface area contributed by atoms with Gasteiger partial charge < -0.3 is 25.5 Å². The third-order valence-corrected chi connectivity index (χ3v) is 4.61. The molecule has 4 rings (SSSR count). The molecular weight excluding hydrogens is 398 g/mol. The van der Waals surface area contributed by atoms with Crippen molar-refractivity contribution in [3.8, 4) is 11.5 Å². The highest BCUT2D eigenvalue weighted by atomic mass is 16.5. The maximum Gasteiger partial charge on any atom is 0.278 e. The monoisotopic (exact) mass is 417 g/mol. The molecule has 0 bridgehead atoms. The Balaban J connectivity index is 1.51. The van der Waals surface area contributed by atoms with Crippen molar-refractivity contribution in [2.45, 2.75) is 6.54 Å². The van der Waals surface area contributed by atoms with E-state index >= 15 is 0 Å². The quantitative estimate of drug-likeness (QED) is 0.382. The van der Waals surface area contributed by atoms with Crippen LogP contribution in [-0.2, 0) is 6.54 Å². The van der Waals surface area contributed by atoms with E-state index in [-0.39, 0.29) is 23.9 Å². The fourth-order valence-corrected chi connectivity index (χ4v) is 3.14. The van der Waals surface area contributed by atoms with Crippen LogP contribution in [0.1, 0.15) is 26.4 Å². The number of hydrogen-bond acceptors (Lipinski definition) is 6. The van der Waals surface area contributed by atoms with Gasteiger partial charge in [0.15, 0.2) is 5.69 Å². The van der Waals surface area contributed by atoms with Gasteiger partial charge in [-0.05, 0) is 42.0 Å². The van der Waals surface area contributed by atoms with Crippen LogP contribution in [0.25, 0.3) is 11.0 Å². The van der Waals surface area contributed by atoms with E-state index in [1.807, 2.05) is 6.07 Å². The van der Waals surface area contributed by atoms with E-state index in [0.29, 0.717) is 28.1 Å². The number of hydrogen-bond donors (Lipinski definition) is 4. The Labute approximate surface area is 177 Å². The number of para-hydroxylation sites is 1. The van der Waals surface area contributed by atoms with Gasteiger partial charge in [-0.25, -0.2) is 9.97 Å². The summed E-state index contributed by atoms with van der Waals surface area (Å²) < 4.78 is 5.30. The Bertz CT molecular complexity index is 1270. The number of nitrogens with zero attached hydrogens (tertiary/aromatic N) is 2. The first-order valence-electron chi connectivity index (χ1n) is 9.39. The van der Waals surface area contributed by atoms with Gasteiger partial charge in [0.1, 0.15) is 17.0 Å². The number of benzene rings is 2. The van der Waals surface area contributed by atoms with Crippen molar-refractivity contribution in [1.82, 2.24) is 20.3 Å². The molecule has 0 aliphatic carbocycles. The Morgan fingerprint density at radius 2 is 1.97 bits per heavy atom. The van der Waals surface area contributed by atoms with E-state index in [2.05, 4.69) is 25.6 Å². The van der Waals surface area contributed by atoms with Crippen molar-refractivity contribution in [2.75, 3.05) is 12.4 Å². The summed E-state index contributed by atoms with van der Waals surface area (Å²) >= 11 is 0. The summed E-state index contributed by atoms with van der Waals surface area (Å²) in [6.07, 6.45) is 2.96. The number of methoxy groups -OCH3 is 1. The predicted octanol–water partition coefficient (Wildman–Crippen LogP) is 2.85. The second-order valence-electron chi connectivity index (χ2n) is 6.68. The number of rotatable bonds is 6. The van der Waals surface area contributed by atoms with Gasteiger partial charge in [-0.1, -0.05) is 6.07 Å². The number of aromatic hydroxyl groups is 1. The average molecular weight is 417 g/mol. The first kappa shape index (κ1) is 19.9. The van der Waals surface area contributed by atoms with Crippen LogP contribution in [-0.4, -0.2) is 39.0 Å². The molecule has 0 radical (unpaired) electrons. The van der Waals surface area contributed by atoms with E-state index in [1.165, 1.54) is 31.8 Å². The number of anilines is 1. The molecule has 9 nitrogen and oxygen atoms in total. The van der Waals surface area contributed by atoms with Crippen molar-refractivity contribution < 1.29 is 19.4 Å². The van der Waals surface area contributed by atoms with Crippen molar-refractivity contribution in [1.29, 1.82) is 0 Å². The van der Waals surface area contributed by atoms with Gasteiger partial charge in [0.2, 0.25) is 0 Å². The van der Waals surface area contributed by atoms with Crippen LogP contribution < -0.4 is 15.4 Å². The van der Waals surface area contributed by atoms with Crippen molar-refractivity contribution >= 4 is 28.5 Å². The predicted molar refractivity (Wildman–Crippen MR) is 114 cm³/mol. The SMILES string of the molecule is COc1cc(CNC(=O)c2cccc3[nH]cnc23)cc(NC(=O)c2ncccc2O)c1. The molecule has 4 N–H and O–H groups in total. The molecule has 0 atom stereocenters. The number of amides is 2. The molecule has 0 aliphatic rings. The molecule has 0 saturated heterocycles. The lowest BCUT2D eigenvalue weighted by atomic mass is 10.1. The highest BCUT2D eigenvalue weighted by molar-refractivity contribution is 6.05. The molecule has 0 fully saturated rings. The average Bonchev–Trinajstić information content (AvgIpc) is 3.26. The van der Waals surface area contributed by atoms with Crippen molar-refractivity contribution in [3.05, 3.63) is 77.9 Å². The summed E-state index contributed by atoms with van der Waals surface area (Å²) in [5, 5.41) is 15.4. The van der Waals surface area contributed by atoms with Gasteiger partial charge in [0.05, 0.1) is 24.5 Å². The minimum absolute atomic E-state index is 0.0905. The normalized spacial score (nSPS) is 10.6. The van der Waals surface area contributed by atoms with E-state index in [0.717, 1.165) is 5.52 Å². The molecule has 2 heterocycles. The number of fused-ring (bicyclic) bond motifs is 1. The van der Waals surface area contributed by atoms with E-state index in [1.54, 1.807) is 30.3 Å². The van der Waals surface area contributed by atoms with Crippen LogP contribution >= 0.6 is 0 Å². The number of nitrogens with one attached hydrogen (secondary N) is 3. The summed E-state index contributed by atoms with van der Waals surface area (Å²) in [5.41, 5.74) is 2.88. The number of aromatic nitrogens is 3. The Morgan fingerprint density at radius 1 is 1.10 bits per heavy atom. The highest BCUT2D eigenvalue weighted by Crippen LogP contribution is 2.23. The number of H-pyrrole nitrogens is 1. The van der Waals surface area contributed by atoms with Gasteiger partial charge in [0.25, 0.3) is 11.8 Å². The second-order valence-corrected chi connectivity index (χ2v) is 6.68. The second kappa shape index (κ2) is 8.54. The zero-order valence-corrected chi connectivity index (χ0v) is 16.5. The molecule has 2 amide bonds. The summed E-state index contributed by atoms with van der Waals surface area (Å²) in [6.45, 7) is 0.203. The van der Waals surface area contributed by atoms with Crippen molar-refractivity contribution in [3.63, 3.8) is 0 Å². The largest absolute Gasteiger partial charge is 0.505 e. The molecule has 9 heteroatoms.